The lowest BCUT2D eigenvalue weighted by Gasteiger charge is -2.32. The van der Waals surface area contributed by atoms with Gasteiger partial charge in [-0.2, -0.15) is 0 Å². The fraction of sp³-hybridized carbons (Fsp3) is 0.385. The zero-order valence-electron chi connectivity index (χ0n) is 17.1. The van der Waals surface area contributed by atoms with Crippen LogP contribution in [0.1, 0.15) is 53.4 Å². The van der Waals surface area contributed by atoms with Gasteiger partial charge in [-0.05, 0) is 61.8 Å². The van der Waals surface area contributed by atoms with E-state index < -0.39 is 0 Å². The summed E-state index contributed by atoms with van der Waals surface area (Å²) < 4.78 is 0. The lowest BCUT2D eigenvalue weighted by Crippen LogP contribution is -2.20. The molecule has 0 aliphatic rings. The van der Waals surface area contributed by atoms with Crippen LogP contribution >= 0.6 is 7.92 Å². The minimum Gasteiger partial charge on any atom is -0.0688 e. The zero-order chi connectivity index (χ0) is 19.0. The standard InChI is InChI=1S/C26H31P/c1-5-8-18(3)27(19(4)9-6-2)24-17-15-22-13-12-20-10-7-11-21-14-16-23(24)26(22)25(20)21/h7,10-19H,5-6,8-9H2,1-4H3. The van der Waals surface area contributed by atoms with Gasteiger partial charge in [-0.1, -0.05) is 103 Å². The first-order valence-corrected chi connectivity index (χ1v) is 12.1. The Morgan fingerprint density at radius 1 is 0.667 bits per heavy atom. The molecule has 1 heteroatoms. The van der Waals surface area contributed by atoms with Crippen LogP contribution < -0.4 is 5.30 Å². The van der Waals surface area contributed by atoms with Gasteiger partial charge in [0, 0.05) is 0 Å². The van der Waals surface area contributed by atoms with Crippen molar-refractivity contribution in [2.24, 2.45) is 0 Å². The maximum atomic E-state index is 2.50. The van der Waals surface area contributed by atoms with E-state index in [2.05, 4.69) is 82.3 Å². The van der Waals surface area contributed by atoms with Gasteiger partial charge in [0.05, 0.1) is 0 Å². The van der Waals surface area contributed by atoms with Gasteiger partial charge in [0.25, 0.3) is 0 Å². The fourth-order valence-corrected chi connectivity index (χ4v) is 8.57. The van der Waals surface area contributed by atoms with E-state index >= 15 is 0 Å². The molecule has 0 aromatic heterocycles. The molecule has 2 atom stereocenters. The Balaban J connectivity index is 1.99. The molecule has 0 saturated heterocycles. The highest BCUT2D eigenvalue weighted by Crippen LogP contribution is 2.51. The summed E-state index contributed by atoms with van der Waals surface area (Å²) in [4.78, 5) is 0. The normalized spacial score (nSPS) is 15.6. The number of rotatable bonds is 7. The third-order valence-electron chi connectivity index (χ3n) is 6.15. The van der Waals surface area contributed by atoms with Crippen LogP contribution in [0, 0.1) is 0 Å². The van der Waals surface area contributed by atoms with E-state index in [9.17, 15) is 0 Å². The molecule has 0 bridgehead atoms. The third-order valence-corrected chi connectivity index (χ3v) is 9.51. The van der Waals surface area contributed by atoms with E-state index in [4.69, 9.17) is 0 Å². The molecule has 4 aromatic rings. The van der Waals surface area contributed by atoms with Crippen LogP contribution in [-0.4, -0.2) is 11.3 Å². The van der Waals surface area contributed by atoms with Crippen molar-refractivity contribution < 1.29 is 0 Å². The summed E-state index contributed by atoms with van der Waals surface area (Å²) in [6.45, 7) is 9.66. The smallest absolute Gasteiger partial charge is 0.00204 e. The van der Waals surface area contributed by atoms with E-state index in [1.807, 2.05) is 0 Å². The van der Waals surface area contributed by atoms with E-state index in [0.29, 0.717) is 0 Å². The number of hydrogen-bond acceptors (Lipinski definition) is 0. The first-order chi connectivity index (χ1) is 13.2. The average molecular weight is 375 g/mol. The van der Waals surface area contributed by atoms with Crippen LogP contribution in [0.4, 0.5) is 0 Å². The second-order valence-electron chi connectivity index (χ2n) is 8.12. The average Bonchev–Trinajstić information content (AvgIpc) is 2.67. The highest BCUT2D eigenvalue weighted by molar-refractivity contribution is 7.67. The van der Waals surface area contributed by atoms with Gasteiger partial charge in [0.15, 0.2) is 0 Å². The van der Waals surface area contributed by atoms with Crippen LogP contribution in [0.5, 0.6) is 0 Å². The molecule has 0 aliphatic heterocycles. The molecule has 4 aromatic carbocycles. The van der Waals surface area contributed by atoms with Gasteiger partial charge in [-0.15, -0.1) is 0 Å². The Labute approximate surface area is 165 Å². The Morgan fingerprint density at radius 3 is 1.78 bits per heavy atom. The lowest BCUT2D eigenvalue weighted by molar-refractivity contribution is 0.741. The van der Waals surface area contributed by atoms with E-state index in [0.717, 1.165) is 11.3 Å². The minimum atomic E-state index is -0.167. The van der Waals surface area contributed by atoms with Crippen molar-refractivity contribution in [1.82, 2.24) is 0 Å². The Morgan fingerprint density at radius 2 is 1.19 bits per heavy atom. The molecule has 0 spiro atoms. The van der Waals surface area contributed by atoms with Crippen LogP contribution in [0.25, 0.3) is 32.3 Å². The predicted octanol–water partition coefficient (Wildman–Crippen LogP) is 8.07. The van der Waals surface area contributed by atoms with Crippen LogP contribution in [-0.2, 0) is 0 Å². The van der Waals surface area contributed by atoms with E-state index in [1.54, 1.807) is 5.30 Å². The summed E-state index contributed by atoms with van der Waals surface area (Å²) in [6.07, 6.45) is 5.23. The summed E-state index contributed by atoms with van der Waals surface area (Å²) in [5.41, 5.74) is 1.56. The molecule has 0 aliphatic carbocycles. The molecule has 4 rings (SSSR count). The van der Waals surface area contributed by atoms with Crippen LogP contribution in [0.3, 0.4) is 0 Å². The lowest BCUT2D eigenvalue weighted by atomic mass is 9.94. The van der Waals surface area contributed by atoms with Gasteiger partial charge in [0.2, 0.25) is 0 Å². The summed E-state index contributed by atoms with van der Waals surface area (Å²) >= 11 is 0. The van der Waals surface area contributed by atoms with Gasteiger partial charge < -0.3 is 0 Å². The maximum Gasteiger partial charge on any atom is -0.00204 e. The fourth-order valence-electron chi connectivity index (χ4n) is 4.97. The van der Waals surface area contributed by atoms with Crippen molar-refractivity contribution in [2.45, 2.75) is 64.7 Å². The number of hydrogen-bond donors (Lipinski definition) is 0. The molecule has 27 heavy (non-hydrogen) atoms. The second-order valence-corrected chi connectivity index (χ2v) is 11.2. The van der Waals surface area contributed by atoms with Crippen molar-refractivity contribution in [3.05, 3.63) is 54.6 Å². The SMILES string of the molecule is CCCC(C)P(c1ccc2ccc3cccc4ccc1c2c34)C(C)CCC. The molecular formula is C26H31P. The van der Waals surface area contributed by atoms with Crippen molar-refractivity contribution in [2.75, 3.05) is 0 Å². The Kier molecular flexibility index (Phi) is 5.38. The molecule has 0 fully saturated rings. The van der Waals surface area contributed by atoms with Gasteiger partial charge in [-0.3, -0.25) is 0 Å². The predicted molar refractivity (Wildman–Crippen MR) is 125 cm³/mol. The largest absolute Gasteiger partial charge is 0.0688 e. The van der Waals surface area contributed by atoms with Gasteiger partial charge in [-0.25, -0.2) is 0 Å². The monoisotopic (exact) mass is 374 g/mol. The van der Waals surface area contributed by atoms with Crippen LogP contribution in [0.2, 0.25) is 0 Å². The molecule has 0 N–H and O–H groups in total. The quantitative estimate of drug-likeness (QED) is 0.227. The maximum absolute atomic E-state index is 2.50. The van der Waals surface area contributed by atoms with E-state index in [-0.39, 0.29) is 7.92 Å². The first kappa shape index (κ1) is 18.7. The summed E-state index contributed by atoms with van der Waals surface area (Å²) in [5, 5.41) is 10.2. The second kappa shape index (κ2) is 7.76. The Bertz CT molecular complexity index is 1020. The topological polar surface area (TPSA) is 0 Å². The highest BCUT2D eigenvalue weighted by atomic mass is 31.1. The third kappa shape index (κ3) is 3.23. The molecule has 0 nitrogen and oxygen atoms in total. The molecule has 140 valence electrons. The Hall–Kier alpha value is -1.65. The molecule has 0 radical (unpaired) electrons. The number of benzene rings is 4. The van der Waals surface area contributed by atoms with Crippen molar-refractivity contribution >= 4 is 45.5 Å². The summed E-state index contributed by atoms with van der Waals surface area (Å²) in [7, 11) is -0.167. The molecule has 0 heterocycles. The van der Waals surface area contributed by atoms with Crippen molar-refractivity contribution in [3.8, 4) is 0 Å². The van der Waals surface area contributed by atoms with Crippen molar-refractivity contribution in [1.29, 1.82) is 0 Å². The molecule has 2 unspecified atom stereocenters. The van der Waals surface area contributed by atoms with Crippen molar-refractivity contribution in [3.63, 3.8) is 0 Å². The highest BCUT2D eigenvalue weighted by Gasteiger charge is 2.26. The molecular weight excluding hydrogens is 343 g/mol. The van der Waals surface area contributed by atoms with E-state index in [1.165, 1.54) is 58.0 Å². The molecule has 0 amide bonds. The van der Waals surface area contributed by atoms with Gasteiger partial charge >= 0.3 is 0 Å². The minimum absolute atomic E-state index is 0.167. The molecule has 0 saturated carbocycles. The van der Waals surface area contributed by atoms with Crippen LogP contribution in [0.15, 0.2) is 54.6 Å². The van der Waals surface area contributed by atoms with Gasteiger partial charge in [0.1, 0.15) is 0 Å². The first-order valence-electron chi connectivity index (χ1n) is 10.6. The summed E-state index contributed by atoms with van der Waals surface area (Å²) in [6, 6.07) is 20.9. The zero-order valence-corrected chi connectivity index (χ0v) is 18.0. The summed E-state index contributed by atoms with van der Waals surface area (Å²) in [5.74, 6) is 0.